The standard InChI is InChI=1S/C18H14BrClN4O4S/c1-24-16(12-6-9(19)2-5-14(12)25)22-23-18(24)29-8-15(26)21-10-3-4-13(20)11(7-10)17(27)28/h2-7,25H,8H2,1H3,(H,21,26)(H,27,28). The molecule has 150 valence electrons. The van der Waals surface area contributed by atoms with Gasteiger partial charge in [-0.25, -0.2) is 4.79 Å². The van der Waals surface area contributed by atoms with Crippen molar-refractivity contribution >= 4 is 56.9 Å². The SMILES string of the molecule is Cn1c(SCC(=O)Nc2ccc(Cl)c(C(=O)O)c2)nnc1-c1cc(Br)ccc1O. The predicted molar refractivity (Wildman–Crippen MR) is 114 cm³/mol. The predicted octanol–water partition coefficient (Wildman–Crippen LogP) is 4.03. The number of nitrogens with one attached hydrogen (secondary N) is 1. The van der Waals surface area contributed by atoms with E-state index in [2.05, 4.69) is 31.4 Å². The molecule has 0 aliphatic carbocycles. The molecule has 0 fully saturated rings. The highest BCUT2D eigenvalue weighted by Crippen LogP contribution is 2.32. The number of aromatic nitrogens is 3. The molecule has 3 aromatic rings. The number of thioether (sulfide) groups is 1. The van der Waals surface area contributed by atoms with Crippen LogP contribution in [0.3, 0.4) is 0 Å². The number of rotatable bonds is 6. The molecule has 0 radical (unpaired) electrons. The number of aromatic carboxylic acids is 1. The highest BCUT2D eigenvalue weighted by atomic mass is 79.9. The average Bonchev–Trinajstić information content (AvgIpc) is 3.03. The lowest BCUT2D eigenvalue weighted by atomic mass is 10.2. The van der Waals surface area contributed by atoms with Crippen molar-refractivity contribution in [1.29, 1.82) is 0 Å². The van der Waals surface area contributed by atoms with Crippen LogP contribution in [-0.4, -0.2) is 42.6 Å². The molecule has 3 N–H and O–H groups in total. The maximum Gasteiger partial charge on any atom is 0.337 e. The zero-order valence-corrected chi connectivity index (χ0v) is 18.0. The second-order valence-electron chi connectivity index (χ2n) is 5.86. The number of hydrogen-bond donors (Lipinski definition) is 3. The molecule has 0 saturated carbocycles. The number of aromatic hydroxyl groups is 1. The first-order chi connectivity index (χ1) is 13.8. The third-order valence-electron chi connectivity index (χ3n) is 3.85. The fourth-order valence-corrected chi connectivity index (χ4v) is 3.73. The van der Waals surface area contributed by atoms with Crippen molar-refractivity contribution in [2.75, 3.05) is 11.1 Å². The lowest BCUT2D eigenvalue weighted by Gasteiger charge is -2.08. The van der Waals surface area contributed by atoms with E-state index in [-0.39, 0.29) is 28.0 Å². The average molecular weight is 498 g/mol. The number of carbonyl (C=O) groups is 2. The molecule has 0 aliphatic heterocycles. The molecule has 3 rings (SSSR count). The van der Waals surface area contributed by atoms with Crippen molar-refractivity contribution in [3.8, 4) is 17.1 Å². The van der Waals surface area contributed by atoms with E-state index < -0.39 is 5.97 Å². The van der Waals surface area contributed by atoms with Gasteiger partial charge in [-0.15, -0.1) is 10.2 Å². The van der Waals surface area contributed by atoms with Crippen molar-refractivity contribution in [3.63, 3.8) is 0 Å². The zero-order valence-electron chi connectivity index (χ0n) is 14.9. The molecule has 0 spiro atoms. The highest BCUT2D eigenvalue weighted by Gasteiger charge is 2.16. The number of phenolic OH excluding ortho intramolecular Hbond substituents is 1. The monoisotopic (exact) mass is 496 g/mol. The first kappa shape index (κ1) is 21.2. The van der Waals surface area contributed by atoms with Crippen molar-refractivity contribution in [2.24, 2.45) is 7.05 Å². The topological polar surface area (TPSA) is 117 Å². The molecule has 2 aromatic carbocycles. The minimum Gasteiger partial charge on any atom is -0.507 e. The molecule has 0 saturated heterocycles. The van der Waals surface area contributed by atoms with E-state index >= 15 is 0 Å². The van der Waals surface area contributed by atoms with Crippen LogP contribution in [0.1, 0.15) is 10.4 Å². The number of carbonyl (C=O) groups excluding carboxylic acids is 1. The minimum atomic E-state index is -1.18. The molecule has 0 atom stereocenters. The van der Waals surface area contributed by atoms with E-state index in [1.54, 1.807) is 29.8 Å². The summed E-state index contributed by atoms with van der Waals surface area (Å²) < 4.78 is 2.45. The largest absolute Gasteiger partial charge is 0.507 e. The molecule has 11 heteroatoms. The molecule has 1 amide bonds. The minimum absolute atomic E-state index is 0.0292. The van der Waals surface area contributed by atoms with E-state index in [9.17, 15) is 14.7 Å². The zero-order chi connectivity index (χ0) is 21.1. The summed E-state index contributed by atoms with van der Waals surface area (Å²) in [6.07, 6.45) is 0. The van der Waals surface area contributed by atoms with Crippen LogP contribution in [-0.2, 0) is 11.8 Å². The summed E-state index contributed by atoms with van der Waals surface area (Å²) in [7, 11) is 1.73. The Labute approximate surface area is 183 Å². The second kappa shape index (κ2) is 8.85. The summed E-state index contributed by atoms with van der Waals surface area (Å²) in [5.41, 5.74) is 0.743. The van der Waals surface area contributed by atoms with E-state index in [4.69, 9.17) is 16.7 Å². The summed E-state index contributed by atoms with van der Waals surface area (Å²) in [6.45, 7) is 0. The van der Waals surface area contributed by atoms with Crippen molar-refractivity contribution in [3.05, 3.63) is 51.5 Å². The van der Waals surface area contributed by atoms with E-state index in [1.807, 2.05) is 0 Å². The Hall–Kier alpha value is -2.56. The van der Waals surface area contributed by atoms with Gasteiger partial charge in [-0.3, -0.25) is 4.79 Å². The van der Waals surface area contributed by atoms with Crippen LogP contribution >= 0.6 is 39.3 Å². The van der Waals surface area contributed by atoms with Gasteiger partial charge in [0, 0.05) is 17.2 Å². The summed E-state index contributed by atoms with van der Waals surface area (Å²) in [5, 5.41) is 30.5. The Morgan fingerprint density at radius 1 is 1.24 bits per heavy atom. The number of nitrogens with zero attached hydrogens (tertiary/aromatic N) is 3. The third kappa shape index (κ3) is 4.89. The molecular weight excluding hydrogens is 484 g/mol. The Kier molecular flexibility index (Phi) is 6.46. The maximum absolute atomic E-state index is 12.2. The van der Waals surface area contributed by atoms with Crippen molar-refractivity contribution in [1.82, 2.24) is 14.8 Å². The van der Waals surface area contributed by atoms with Gasteiger partial charge in [0.25, 0.3) is 0 Å². The molecule has 0 unspecified atom stereocenters. The number of benzene rings is 2. The number of halogens is 2. The van der Waals surface area contributed by atoms with E-state index in [0.717, 1.165) is 16.2 Å². The highest BCUT2D eigenvalue weighted by molar-refractivity contribution is 9.10. The molecule has 29 heavy (non-hydrogen) atoms. The van der Waals surface area contributed by atoms with E-state index in [1.165, 1.54) is 18.2 Å². The summed E-state index contributed by atoms with van der Waals surface area (Å²) in [5.74, 6) is -0.974. The van der Waals surface area contributed by atoms with Gasteiger partial charge in [0.2, 0.25) is 5.91 Å². The van der Waals surface area contributed by atoms with Crippen molar-refractivity contribution < 1.29 is 19.8 Å². The molecule has 8 nitrogen and oxygen atoms in total. The van der Waals surface area contributed by atoms with Gasteiger partial charge >= 0.3 is 5.97 Å². The van der Waals surface area contributed by atoms with Gasteiger partial charge in [-0.1, -0.05) is 39.3 Å². The van der Waals surface area contributed by atoms with Crippen LogP contribution in [0.4, 0.5) is 5.69 Å². The van der Waals surface area contributed by atoms with Crippen molar-refractivity contribution in [2.45, 2.75) is 5.16 Å². The van der Waals surface area contributed by atoms with Crippen LogP contribution in [0.2, 0.25) is 5.02 Å². The second-order valence-corrected chi connectivity index (χ2v) is 8.13. The Morgan fingerprint density at radius 3 is 2.72 bits per heavy atom. The lowest BCUT2D eigenvalue weighted by Crippen LogP contribution is -2.15. The Morgan fingerprint density at radius 2 is 2.00 bits per heavy atom. The van der Waals surface area contributed by atoms with Crippen LogP contribution in [0.5, 0.6) is 5.75 Å². The Bertz CT molecular complexity index is 1110. The quantitative estimate of drug-likeness (QED) is 0.440. The number of phenols is 1. The van der Waals surface area contributed by atoms with Crippen LogP contribution in [0.15, 0.2) is 46.0 Å². The number of hydrogen-bond acceptors (Lipinski definition) is 6. The van der Waals surface area contributed by atoms with Crippen LogP contribution < -0.4 is 5.32 Å². The molecule has 0 bridgehead atoms. The molecule has 1 heterocycles. The fraction of sp³-hybridized carbons (Fsp3) is 0.111. The molecule has 1 aromatic heterocycles. The van der Waals surface area contributed by atoms with Gasteiger partial charge in [0.05, 0.1) is 21.9 Å². The summed E-state index contributed by atoms with van der Waals surface area (Å²) >= 11 is 10.3. The first-order valence-corrected chi connectivity index (χ1v) is 10.3. The maximum atomic E-state index is 12.2. The smallest absolute Gasteiger partial charge is 0.337 e. The molecule has 0 aliphatic rings. The first-order valence-electron chi connectivity index (χ1n) is 8.10. The number of amides is 1. The Balaban J connectivity index is 1.69. The van der Waals surface area contributed by atoms with Gasteiger partial charge in [0.1, 0.15) is 5.75 Å². The number of carboxylic acids is 1. The summed E-state index contributed by atoms with van der Waals surface area (Å²) in [6, 6.07) is 9.21. The van der Waals surface area contributed by atoms with Gasteiger partial charge in [-0.2, -0.15) is 0 Å². The molecular formula is C18H14BrClN4O4S. The third-order valence-corrected chi connectivity index (χ3v) is 5.69. The lowest BCUT2D eigenvalue weighted by molar-refractivity contribution is -0.113. The fourth-order valence-electron chi connectivity index (χ4n) is 2.46. The number of anilines is 1. The summed E-state index contributed by atoms with van der Waals surface area (Å²) in [4.78, 5) is 23.4. The van der Waals surface area contributed by atoms with Crippen LogP contribution in [0, 0.1) is 0 Å². The van der Waals surface area contributed by atoms with E-state index in [0.29, 0.717) is 22.2 Å². The van der Waals surface area contributed by atoms with Gasteiger partial charge in [-0.05, 0) is 36.4 Å². The van der Waals surface area contributed by atoms with Gasteiger partial charge in [0.15, 0.2) is 11.0 Å². The normalized spacial score (nSPS) is 10.7. The number of carboxylic acid groups (broad SMARTS) is 1. The van der Waals surface area contributed by atoms with Gasteiger partial charge < -0.3 is 20.1 Å². The van der Waals surface area contributed by atoms with Crippen LogP contribution in [0.25, 0.3) is 11.4 Å².